The van der Waals surface area contributed by atoms with Crippen molar-refractivity contribution in [3.05, 3.63) is 29.6 Å². The van der Waals surface area contributed by atoms with Gasteiger partial charge in [-0.1, -0.05) is 6.07 Å². The average molecular weight is 212 g/mol. The van der Waals surface area contributed by atoms with Crippen LogP contribution in [0.3, 0.4) is 0 Å². The van der Waals surface area contributed by atoms with Gasteiger partial charge in [-0.2, -0.15) is 0 Å². The Hall–Kier alpha value is -0.900. The molecule has 0 saturated heterocycles. The van der Waals surface area contributed by atoms with E-state index in [2.05, 4.69) is 9.35 Å². The summed E-state index contributed by atoms with van der Waals surface area (Å²) in [5, 5.41) is -0.0689. The van der Waals surface area contributed by atoms with Gasteiger partial charge in [0.1, 0.15) is 0 Å². The molecule has 4 heteroatoms. The lowest BCUT2D eigenvalue weighted by molar-refractivity contribution is 0.672. The molecule has 2 atom stereocenters. The van der Waals surface area contributed by atoms with Gasteiger partial charge in [-0.25, -0.2) is 8.57 Å². The first-order chi connectivity index (χ1) is 6.47. The van der Waals surface area contributed by atoms with E-state index in [1.165, 1.54) is 0 Å². The van der Waals surface area contributed by atoms with E-state index in [4.69, 9.17) is 0 Å². The van der Waals surface area contributed by atoms with Gasteiger partial charge in [-0.3, -0.25) is 4.98 Å². The molecule has 0 N–H and O–H groups in total. The fourth-order valence-corrected chi connectivity index (χ4v) is 2.09. The first kappa shape index (κ1) is 11.2. The van der Waals surface area contributed by atoms with Crippen LogP contribution < -0.4 is 0 Å². The minimum atomic E-state index is -2.13. The van der Waals surface area contributed by atoms with Crippen LogP contribution in [0.15, 0.2) is 22.7 Å². The van der Waals surface area contributed by atoms with Crippen molar-refractivity contribution in [1.82, 2.24) is 4.98 Å². The van der Waals surface area contributed by atoms with Gasteiger partial charge in [0.05, 0.1) is 15.0 Å². The molecule has 1 aromatic heterocycles. The van der Waals surface area contributed by atoms with E-state index >= 15 is 0 Å². The van der Waals surface area contributed by atoms with Gasteiger partial charge in [0, 0.05) is 25.2 Å². The Morgan fingerprint density at radius 3 is 2.57 bits per heavy atom. The molecule has 1 rings (SSSR count). The number of pyridine rings is 1. The Morgan fingerprint density at radius 1 is 1.50 bits per heavy atom. The highest BCUT2D eigenvalue weighted by Gasteiger charge is 2.14. The van der Waals surface area contributed by atoms with Crippen LogP contribution in [-0.2, 0) is 9.73 Å². The number of nitrogens with zero attached hydrogens (tertiary/aromatic N) is 2. The maximum absolute atomic E-state index is 11.9. The molecule has 0 aliphatic carbocycles. The number of hydrogen-bond donors (Lipinski definition) is 0. The number of hydrogen-bond acceptors (Lipinski definition) is 3. The molecule has 0 fully saturated rings. The summed E-state index contributed by atoms with van der Waals surface area (Å²) < 4.78 is 15.9. The Morgan fingerprint density at radius 2 is 2.14 bits per heavy atom. The topological polar surface area (TPSA) is 42.3 Å². The van der Waals surface area contributed by atoms with E-state index in [9.17, 15) is 4.21 Å². The van der Waals surface area contributed by atoms with E-state index < -0.39 is 9.73 Å². The lowest BCUT2D eigenvalue weighted by atomic mass is 10.2. The van der Waals surface area contributed by atoms with Gasteiger partial charge in [-0.15, -0.1) is 0 Å². The normalized spacial score (nSPS) is 17.1. The molecule has 0 bridgehead atoms. The molecule has 14 heavy (non-hydrogen) atoms. The lowest BCUT2D eigenvalue weighted by Gasteiger charge is -2.13. The highest BCUT2D eigenvalue weighted by atomic mass is 32.2. The summed E-state index contributed by atoms with van der Waals surface area (Å²) in [5.41, 5.74) is 1.95. The summed E-state index contributed by atoms with van der Waals surface area (Å²) in [7, 11) is -0.531. The maximum atomic E-state index is 11.9. The van der Waals surface area contributed by atoms with Crippen LogP contribution in [0, 0.1) is 6.92 Å². The standard InChI is InChI=1S/C10H16N2OS/c1-8-5-6-10(7-12-8)9(2)14(4,13)11-3/h5-7,9H,1-4H3/t9-,14?/m0/s1. The van der Waals surface area contributed by atoms with Gasteiger partial charge in [-0.05, 0) is 25.5 Å². The first-order valence-corrected chi connectivity index (χ1v) is 6.47. The van der Waals surface area contributed by atoms with Gasteiger partial charge in [0.2, 0.25) is 0 Å². The molecule has 3 nitrogen and oxygen atoms in total. The zero-order chi connectivity index (χ0) is 10.8. The van der Waals surface area contributed by atoms with Crippen LogP contribution in [0.5, 0.6) is 0 Å². The highest BCUT2D eigenvalue weighted by Crippen LogP contribution is 2.21. The quantitative estimate of drug-likeness (QED) is 0.754. The zero-order valence-corrected chi connectivity index (χ0v) is 9.84. The zero-order valence-electron chi connectivity index (χ0n) is 9.02. The summed E-state index contributed by atoms with van der Waals surface area (Å²) in [5.74, 6) is 0. The van der Waals surface area contributed by atoms with Crippen LogP contribution in [0.2, 0.25) is 0 Å². The molecule has 0 amide bonds. The molecule has 0 saturated carbocycles. The van der Waals surface area contributed by atoms with Crippen molar-refractivity contribution in [2.75, 3.05) is 13.3 Å². The second-order valence-corrected chi connectivity index (χ2v) is 6.21. The molecule has 0 aliphatic rings. The Kier molecular flexibility index (Phi) is 3.26. The van der Waals surface area contributed by atoms with Gasteiger partial charge in [0.15, 0.2) is 0 Å². The van der Waals surface area contributed by atoms with Crippen molar-refractivity contribution in [3.63, 3.8) is 0 Å². The summed E-state index contributed by atoms with van der Waals surface area (Å²) in [4.78, 5) is 4.18. The minimum Gasteiger partial charge on any atom is -0.261 e. The fraction of sp³-hybridized carbons (Fsp3) is 0.500. The van der Waals surface area contributed by atoms with Gasteiger partial charge < -0.3 is 0 Å². The summed E-state index contributed by atoms with van der Waals surface area (Å²) >= 11 is 0. The molecule has 1 unspecified atom stereocenters. The van der Waals surface area contributed by atoms with Crippen LogP contribution in [0.25, 0.3) is 0 Å². The Labute approximate surface area is 85.8 Å². The minimum absolute atomic E-state index is 0.0689. The van der Waals surface area contributed by atoms with Crippen LogP contribution >= 0.6 is 0 Å². The second kappa shape index (κ2) is 4.09. The SMILES string of the molecule is CN=S(C)(=O)[C@@H](C)c1ccc(C)nc1. The van der Waals surface area contributed by atoms with Crippen molar-refractivity contribution in [2.45, 2.75) is 19.1 Å². The molecule has 1 aromatic rings. The summed E-state index contributed by atoms with van der Waals surface area (Å²) in [6.45, 7) is 3.85. The summed E-state index contributed by atoms with van der Waals surface area (Å²) in [6.07, 6.45) is 3.45. The highest BCUT2D eigenvalue weighted by molar-refractivity contribution is 7.93. The molecule has 0 spiro atoms. The van der Waals surface area contributed by atoms with E-state index in [0.29, 0.717) is 0 Å². The third-order valence-electron chi connectivity index (χ3n) is 2.42. The average Bonchev–Trinajstić information content (AvgIpc) is 2.18. The second-order valence-electron chi connectivity index (χ2n) is 3.42. The van der Waals surface area contributed by atoms with Gasteiger partial charge >= 0.3 is 0 Å². The maximum Gasteiger partial charge on any atom is 0.0663 e. The van der Waals surface area contributed by atoms with E-state index in [1.54, 1.807) is 19.5 Å². The number of aryl methyl sites for hydroxylation is 1. The summed E-state index contributed by atoms with van der Waals surface area (Å²) in [6, 6.07) is 3.89. The molecule has 0 aliphatic heterocycles. The predicted molar refractivity (Wildman–Crippen MR) is 59.8 cm³/mol. The van der Waals surface area contributed by atoms with Crippen LogP contribution in [0.1, 0.15) is 23.4 Å². The van der Waals surface area contributed by atoms with Crippen molar-refractivity contribution in [2.24, 2.45) is 4.36 Å². The number of rotatable bonds is 2. The monoisotopic (exact) mass is 212 g/mol. The third kappa shape index (κ3) is 2.32. The Balaban J connectivity index is 3.08. The van der Waals surface area contributed by atoms with E-state index in [0.717, 1.165) is 11.3 Å². The van der Waals surface area contributed by atoms with Crippen LogP contribution in [0.4, 0.5) is 0 Å². The van der Waals surface area contributed by atoms with Crippen molar-refractivity contribution < 1.29 is 4.21 Å². The molecular weight excluding hydrogens is 196 g/mol. The van der Waals surface area contributed by atoms with Crippen molar-refractivity contribution >= 4 is 9.73 Å². The molecule has 0 radical (unpaired) electrons. The lowest BCUT2D eigenvalue weighted by Crippen LogP contribution is -2.07. The number of aromatic nitrogens is 1. The predicted octanol–water partition coefficient (Wildman–Crippen LogP) is 2.18. The molecule has 0 aromatic carbocycles. The Bertz CT molecular complexity index is 416. The van der Waals surface area contributed by atoms with E-state index in [1.807, 2.05) is 26.0 Å². The van der Waals surface area contributed by atoms with E-state index in [-0.39, 0.29) is 5.25 Å². The van der Waals surface area contributed by atoms with Gasteiger partial charge in [0.25, 0.3) is 0 Å². The van der Waals surface area contributed by atoms with Crippen molar-refractivity contribution in [1.29, 1.82) is 0 Å². The fourth-order valence-electron chi connectivity index (χ4n) is 1.13. The third-order valence-corrected chi connectivity index (χ3v) is 4.73. The van der Waals surface area contributed by atoms with Crippen LogP contribution in [-0.4, -0.2) is 22.5 Å². The largest absolute Gasteiger partial charge is 0.261 e. The molecule has 78 valence electrons. The smallest absolute Gasteiger partial charge is 0.0663 e. The van der Waals surface area contributed by atoms with Crippen molar-refractivity contribution in [3.8, 4) is 0 Å². The first-order valence-electron chi connectivity index (χ1n) is 4.49. The molecule has 1 heterocycles. The molecular formula is C10H16N2OS.